The van der Waals surface area contributed by atoms with Gasteiger partial charge in [0, 0.05) is 10.8 Å². The van der Waals surface area contributed by atoms with Crippen molar-refractivity contribution in [2.24, 2.45) is 0 Å². The maximum atomic E-state index is 5.02. The fourth-order valence-corrected chi connectivity index (χ4v) is 5.58. The number of aromatic nitrogens is 2. The summed E-state index contributed by atoms with van der Waals surface area (Å²) in [6, 6.07) is 35.1. The number of nitrogens with zero attached hydrogens (tertiary/aromatic N) is 2. The number of benzene rings is 4. The van der Waals surface area contributed by atoms with E-state index < -0.39 is 0 Å². The van der Waals surface area contributed by atoms with E-state index in [1.807, 2.05) is 0 Å². The van der Waals surface area contributed by atoms with Crippen molar-refractivity contribution in [3.63, 3.8) is 0 Å². The molecule has 1 aliphatic rings. The van der Waals surface area contributed by atoms with Gasteiger partial charge in [-0.3, -0.25) is 4.40 Å². The zero-order valence-corrected chi connectivity index (χ0v) is 18.1. The zero-order valence-electron chi connectivity index (χ0n) is 18.1. The van der Waals surface area contributed by atoms with E-state index in [9.17, 15) is 0 Å². The molecule has 0 aliphatic heterocycles. The number of pyridine rings is 1. The van der Waals surface area contributed by atoms with Gasteiger partial charge in [-0.05, 0) is 57.5 Å². The van der Waals surface area contributed by atoms with Gasteiger partial charge in [0.2, 0.25) is 0 Å². The lowest BCUT2D eigenvalue weighted by atomic mass is 9.82. The lowest BCUT2D eigenvalue weighted by Crippen LogP contribution is -2.14. The highest BCUT2D eigenvalue weighted by atomic mass is 15.0. The Morgan fingerprint density at radius 3 is 2.38 bits per heavy atom. The van der Waals surface area contributed by atoms with Gasteiger partial charge in [-0.1, -0.05) is 86.6 Å². The first-order valence-corrected chi connectivity index (χ1v) is 11.2. The van der Waals surface area contributed by atoms with Crippen LogP contribution in [0.5, 0.6) is 0 Å². The molecule has 0 spiro atoms. The van der Waals surface area contributed by atoms with Crippen LogP contribution in [-0.4, -0.2) is 9.38 Å². The molecule has 6 aromatic rings. The first-order chi connectivity index (χ1) is 15.6. The summed E-state index contributed by atoms with van der Waals surface area (Å²) in [5.41, 5.74) is 11.1. The van der Waals surface area contributed by atoms with E-state index in [1.165, 1.54) is 44.3 Å². The van der Waals surface area contributed by atoms with Crippen LogP contribution < -0.4 is 0 Å². The molecule has 0 unspecified atom stereocenters. The van der Waals surface area contributed by atoms with E-state index in [0.29, 0.717) is 0 Å². The minimum atomic E-state index is 0.0187. The predicted molar refractivity (Wildman–Crippen MR) is 133 cm³/mol. The van der Waals surface area contributed by atoms with Gasteiger partial charge in [0.05, 0.1) is 16.7 Å². The molecule has 0 N–H and O–H groups in total. The summed E-state index contributed by atoms with van der Waals surface area (Å²) < 4.78 is 2.32. The van der Waals surface area contributed by atoms with Crippen LogP contribution in [0.1, 0.15) is 25.0 Å². The zero-order chi connectivity index (χ0) is 21.4. The Bertz CT molecular complexity index is 1700. The number of rotatable bonds is 1. The minimum Gasteiger partial charge on any atom is -0.292 e. The van der Waals surface area contributed by atoms with E-state index in [4.69, 9.17) is 4.98 Å². The topological polar surface area (TPSA) is 17.3 Å². The van der Waals surface area contributed by atoms with Gasteiger partial charge >= 0.3 is 0 Å². The van der Waals surface area contributed by atoms with Gasteiger partial charge in [-0.25, -0.2) is 4.98 Å². The third-order valence-electron chi connectivity index (χ3n) is 7.17. The Morgan fingerprint density at radius 2 is 1.44 bits per heavy atom. The SMILES string of the molecule is CC1(C)c2ccccc2-c2cc(-c3cc4ccccc4c4nc5ccccc5n34)ccc21. The maximum Gasteiger partial charge on any atom is 0.146 e. The molecule has 0 saturated carbocycles. The van der Waals surface area contributed by atoms with Crippen LogP contribution in [0.15, 0.2) is 97.1 Å². The predicted octanol–water partition coefficient (Wildman–Crippen LogP) is 7.61. The highest BCUT2D eigenvalue weighted by molar-refractivity contribution is 6.01. The highest BCUT2D eigenvalue weighted by Crippen LogP contribution is 2.49. The quantitative estimate of drug-likeness (QED) is 0.273. The third kappa shape index (κ3) is 2.22. The van der Waals surface area contributed by atoms with Crippen LogP contribution >= 0.6 is 0 Å². The molecule has 2 heteroatoms. The van der Waals surface area contributed by atoms with E-state index in [0.717, 1.165) is 16.7 Å². The second-order valence-electron chi connectivity index (χ2n) is 9.31. The largest absolute Gasteiger partial charge is 0.292 e. The lowest BCUT2D eigenvalue weighted by molar-refractivity contribution is 0.660. The highest BCUT2D eigenvalue weighted by Gasteiger charge is 2.35. The lowest BCUT2D eigenvalue weighted by Gasteiger charge is -2.21. The molecule has 0 amide bonds. The average molecular weight is 411 g/mol. The summed E-state index contributed by atoms with van der Waals surface area (Å²) in [5, 5.41) is 2.40. The first kappa shape index (κ1) is 17.7. The molecule has 0 fully saturated rings. The minimum absolute atomic E-state index is 0.0187. The van der Waals surface area contributed by atoms with Crippen LogP contribution in [0.2, 0.25) is 0 Å². The van der Waals surface area contributed by atoms with Gasteiger partial charge in [0.15, 0.2) is 0 Å². The molecule has 2 nitrogen and oxygen atoms in total. The standard InChI is InChI=1S/C30H22N2/c1-30(2)24-12-6-5-11-22(24)23-17-20(15-16-25(23)30)28-18-19-9-3-4-10-21(19)29-31-26-13-7-8-14-27(26)32(28)29/h3-18H,1-2H3. The number of hydrogen-bond donors (Lipinski definition) is 0. The number of hydrogen-bond acceptors (Lipinski definition) is 1. The molecule has 32 heavy (non-hydrogen) atoms. The fraction of sp³-hybridized carbons (Fsp3) is 0.100. The Kier molecular flexibility index (Phi) is 3.37. The molecule has 2 aromatic heterocycles. The van der Waals surface area contributed by atoms with E-state index in [1.54, 1.807) is 0 Å². The second-order valence-corrected chi connectivity index (χ2v) is 9.31. The van der Waals surface area contributed by atoms with Crippen molar-refractivity contribution < 1.29 is 0 Å². The molecular weight excluding hydrogens is 388 g/mol. The van der Waals surface area contributed by atoms with Crippen LogP contribution in [-0.2, 0) is 5.41 Å². The van der Waals surface area contributed by atoms with Crippen LogP contribution in [0.4, 0.5) is 0 Å². The molecule has 152 valence electrons. The molecule has 1 aliphatic carbocycles. The summed E-state index contributed by atoms with van der Waals surface area (Å²) in [4.78, 5) is 5.02. The summed E-state index contributed by atoms with van der Waals surface area (Å²) in [7, 11) is 0. The van der Waals surface area contributed by atoms with Crippen molar-refractivity contribution in [1.82, 2.24) is 9.38 Å². The third-order valence-corrected chi connectivity index (χ3v) is 7.17. The van der Waals surface area contributed by atoms with Crippen molar-refractivity contribution in [2.45, 2.75) is 19.3 Å². The van der Waals surface area contributed by atoms with E-state index in [-0.39, 0.29) is 5.41 Å². The van der Waals surface area contributed by atoms with Crippen molar-refractivity contribution in [1.29, 1.82) is 0 Å². The van der Waals surface area contributed by atoms with Crippen molar-refractivity contribution in [2.75, 3.05) is 0 Å². The summed E-state index contributed by atoms with van der Waals surface area (Å²) in [6.07, 6.45) is 0. The molecule has 2 heterocycles. The smallest absolute Gasteiger partial charge is 0.146 e. The number of imidazole rings is 1. The Balaban J connectivity index is 1.59. The summed E-state index contributed by atoms with van der Waals surface area (Å²) in [5.74, 6) is 0. The molecule has 0 saturated heterocycles. The molecule has 0 atom stereocenters. The Labute approximate surface area is 186 Å². The van der Waals surface area contributed by atoms with Gasteiger partial charge in [0.1, 0.15) is 5.65 Å². The van der Waals surface area contributed by atoms with Crippen molar-refractivity contribution in [3.05, 3.63) is 108 Å². The Morgan fingerprint density at radius 1 is 0.688 bits per heavy atom. The summed E-state index contributed by atoms with van der Waals surface area (Å²) >= 11 is 0. The van der Waals surface area contributed by atoms with E-state index in [2.05, 4.69) is 115 Å². The number of fused-ring (bicyclic) bond motifs is 8. The van der Waals surface area contributed by atoms with Gasteiger partial charge in [-0.15, -0.1) is 0 Å². The van der Waals surface area contributed by atoms with Crippen molar-refractivity contribution >= 4 is 27.5 Å². The normalized spacial score (nSPS) is 14.2. The maximum absolute atomic E-state index is 5.02. The van der Waals surface area contributed by atoms with Gasteiger partial charge in [0.25, 0.3) is 0 Å². The van der Waals surface area contributed by atoms with Crippen LogP contribution in [0.25, 0.3) is 49.8 Å². The molecule has 0 radical (unpaired) electrons. The van der Waals surface area contributed by atoms with Crippen LogP contribution in [0.3, 0.4) is 0 Å². The molecule has 7 rings (SSSR count). The van der Waals surface area contributed by atoms with Crippen LogP contribution in [0, 0.1) is 0 Å². The number of para-hydroxylation sites is 2. The monoisotopic (exact) mass is 410 g/mol. The van der Waals surface area contributed by atoms with Crippen molar-refractivity contribution in [3.8, 4) is 22.4 Å². The van der Waals surface area contributed by atoms with Gasteiger partial charge in [-0.2, -0.15) is 0 Å². The first-order valence-electron chi connectivity index (χ1n) is 11.2. The second kappa shape index (κ2) is 6.08. The Hall–Kier alpha value is -3.91. The molecular formula is C30H22N2. The average Bonchev–Trinajstić information content (AvgIpc) is 3.33. The molecule has 0 bridgehead atoms. The summed E-state index contributed by atoms with van der Waals surface area (Å²) in [6.45, 7) is 4.66. The van der Waals surface area contributed by atoms with Gasteiger partial charge < -0.3 is 0 Å². The van der Waals surface area contributed by atoms with E-state index >= 15 is 0 Å². The fourth-order valence-electron chi connectivity index (χ4n) is 5.58. The molecule has 4 aromatic carbocycles.